The lowest BCUT2D eigenvalue weighted by Gasteiger charge is -2.25. The molecule has 1 amide bonds. The van der Waals surface area contributed by atoms with Crippen LogP contribution in [0.15, 0.2) is 18.2 Å². The number of nitrogens with zero attached hydrogens (tertiary/aromatic N) is 1. The van der Waals surface area contributed by atoms with Gasteiger partial charge in [0.1, 0.15) is 5.56 Å². The highest BCUT2D eigenvalue weighted by molar-refractivity contribution is 6.34. The summed E-state index contributed by atoms with van der Waals surface area (Å²) in [5.74, 6) is -0.500. The van der Waals surface area contributed by atoms with Crippen LogP contribution in [0.3, 0.4) is 0 Å². The fourth-order valence-electron chi connectivity index (χ4n) is 2.34. The minimum atomic E-state index is -0.601. The van der Waals surface area contributed by atoms with Gasteiger partial charge in [-0.3, -0.25) is 14.9 Å². The Labute approximate surface area is 126 Å². The Hall–Kier alpha value is -1.33. The number of benzene rings is 1. The number of amides is 1. The quantitative estimate of drug-likeness (QED) is 0.526. The maximum atomic E-state index is 12.2. The molecule has 0 spiro atoms. The molecule has 20 heavy (non-hydrogen) atoms. The van der Waals surface area contributed by atoms with Crippen LogP contribution >= 0.6 is 23.2 Å². The van der Waals surface area contributed by atoms with Gasteiger partial charge in [0.05, 0.1) is 9.95 Å². The van der Waals surface area contributed by atoms with Crippen molar-refractivity contribution in [3.8, 4) is 0 Å². The molecule has 7 heteroatoms. The van der Waals surface area contributed by atoms with Gasteiger partial charge in [0.25, 0.3) is 11.6 Å². The summed E-state index contributed by atoms with van der Waals surface area (Å²) in [7, 11) is 0. The number of halogens is 2. The van der Waals surface area contributed by atoms with Crippen molar-refractivity contribution in [1.82, 2.24) is 5.32 Å². The summed E-state index contributed by atoms with van der Waals surface area (Å²) >= 11 is 11.9. The van der Waals surface area contributed by atoms with Gasteiger partial charge in [0, 0.05) is 17.5 Å². The molecule has 1 aliphatic rings. The zero-order chi connectivity index (χ0) is 14.7. The Morgan fingerprint density at radius 2 is 1.95 bits per heavy atom. The summed E-state index contributed by atoms with van der Waals surface area (Å²) in [4.78, 5) is 22.6. The Balaban J connectivity index is 2.15. The molecule has 2 rings (SSSR count). The number of nitro benzene ring substituents is 1. The van der Waals surface area contributed by atoms with Gasteiger partial charge in [-0.25, -0.2) is 0 Å². The van der Waals surface area contributed by atoms with Gasteiger partial charge < -0.3 is 5.32 Å². The Morgan fingerprint density at radius 1 is 1.30 bits per heavy atom. The zero-order valence-corrected chi connectivity index (χ0v) is 12.2. The van der Waals surface area contributed by atoms with E-state index >= 15 is 0 Å². The Morgan fingerprint density at radius 3 is 2.55 bits per heavy atom. The molecular formula is C13H14Cl2N2O3. The molecule has 5 nitrogen and oxygen atoms in total. The number of hydrogen-bond donors (Lipinski definition) is 1. The molecule has 0 aromatic heterocycles. The summed E-state index contributed by atoms with van der Waals surface area (Å²) in [5, 5.41) is 14.0. The number of alkyl halides is 1. The van der Waals surface area contributed by atoms with E-state index in [0.717, 1.165) is 25.7 Å². The summed E-state index contributed by atoms with van der Waals surface area (Å²) < 4.78 is 0. The summed E-state index contributed by atoms with van der Waals surface area (Å²) in [6, 6.07) is 4.19. The van der Waals surface area contributed by atoms with Crippen LogP contribution in [0.1, 0.15) is 36.0 Å². The van der Waals surface area contributed by atoms with Gasteiger partial charge in [-0.1, -0.05) is 17.7 Å². The van der Waals surface area contributed by atoms with Crippen LogP contribution in [0, 0.1) is 10.1 Å². The van der Waals surface area contributed by atoms with Gasteiger partial charge in [0.2, 0.25) is 0 Å². The highest BCUT2D eigenvalue weighted by Crippen LogP contribution is 2.27. The SMILES string of the molecule is O=C(NC1CCC(Cl)CC1)c1c(Cl)cccc1[N+](=O)[O-]. The third-order valence-electron chi connectivity index (χ3n) is 3.41. The third-order valence-corrected chi connectivity index (χ3v) is 4.16. The lowest BCUT2D eigenvalue weighted by molar-refractivity contribution is -0.385. The summed E-state index contributed by atoms with van der Waals surface area (Å²) in [5.41, 5.74) is -0.354. The predicted molar refractivity (Wildman–Crippen MR) is 77.5 cm³/mol. The Kier molecular flexibility index (Phi) is 4.83. The fourth-order valence-corrected chi connectivity index (χ4v) is 2.85. The summed E-state index contributed by atoms with van der Waals surface area (Å²) in [6.07, 6.45) is 3.21. The normalized spacial score (nSPS) is 22.3. The monoisotopic (exact) mass is 316 g/mol. The zero-order valence-electron chi connectivity index (χ0n) is 10.6. The second kappa shape index (κ2) is 6.41. The standard InChI is InChI=1S/C13H14Cl2N2O3/c14-8-4-6-9(7-5-8)16-13(18)12-10(15)2-1-3-11(12)17(19)20/h1-3,8-9H,4-7H2,(H,16,18). The molecule has 1 saturated carbocycles. The van der Waals surface area contributed by atoms with Crippen LogP contribution in [-0.2, 0) is 0 Å². The maximum Gasteiger partial charge on any atom is 0.283 e. The van der Waals surface area contributed by atoms with Crippen LogP contribution in [-0.4, -0.2) is 22.2 Å². The van der Waals surface area contributed by atoms with E-state index in [4.69, 9.17) is 23.2 Å². The minimum Gasteiger partial charge on any atom is -0.349 e. The number of carbonyl (C=O) groups excluding carboxylic acids is 1. The predicted octanol–water partition coefficient (Wildman–Crippen LogP) is 3.53. The third kappa shape index (κ3) is 3.41. The first-order valence-corrected chi connectivity index (χ1v) is 7.18. The molecule has 0 saturated heterocycles. The maximum absolute atomic E-state index is 12.2. The average Bonchev–Trinajstić information content (AvgIpc) is 2.40. The molecule has 1 N–H and O–H groups in total. The minimum absolute atomic E-state index is 0.00613. The highest BCUT2D eigenvalue weighted by atomic mass is 35.5. The molecular weight excluding hydrogens is 303 g/mol. The second-order valence-corrected chi connectivity index (χ2v) is 5.84. The molecule has 0 aliphatic heterocycles. The molecule has 0 unspecified atom stereocenters. The molecule has 0 bridgehead atoms. The van der Waals surface area contributed by atoms with Crippen molar-refractivity contribution in [2.45, 2.75) is 37.1 Å². The van der Waals surface area contributed by atoms with Crippen LogP contribution < -0.4 is 5.32 Å². The van der Waals surface area contributed by atoms with Crippen molar-refractivity contribution in [2.75, 3.05) is 0 Å². The molecule has 1 aromatic carbocycles. The average molecular weight is 317 g/mol. The van der Waals surface area contributed by atoms with Gasteiger partial charge in [-0.15, -0.1) is 11.6 Å². The van der Waals surface area contributed by atoms with Crippen LogP contribution in [0.5, 0.6) is 0 Å². The van der Waals surface area contributed by atoms with E-state index in [2.05, 4.69) is 5.32 Å². The molecule has 0 radical (unpaired) electrons. The largest absolute Gasteiger partial charge is 0.349 e. The first-order chi connectivity index (χ1) is 9.49. The van der Waals surface area contributed by atoms with E-state index in [1.807, 2.05) is 0 Å². The van der Waals surface area contributed by atoms with Crippen molar-refractivity contribution in [3.63, 3.8) is 0 Å². The highest BCUT2D eigenvalue weighted by Gasteiger charge is 2.27. The van der Waals surface area contributed by atoms with Gasteiger partial charge in [-0.05, 0) is 31.7 Å². The number of rotatable bonds is 3. The molecule has 0 atom stereocenters. The van der Waals surface area contributed by atoms with Crippen molar-refractivity contribution in [2.24, 2.45) is 0 Å². The molecule has 1 aromatic rings. The van der Waals surface area contributed by atoms with E-state index in [1.165, 1.54) is 18.2 Å². The number of hydrogen-bond acceptors (Lipinski definition) is 3. The van der Waals surface area contributed by atoms with Gasteiger partial charge in [0.15, 0.2) is 0 Å². The topological polar surface area (TPSA) is 72.2 Å². The molecule has 0 heterocycles. The molecule has 1 aliphatic carbocycles. The first-order valence-electron chi connectivity index (χ1n) is 6.37. The van der Waals surface area contributed by atoms with E-state index in [0.29, 0.717) is 0 Å². The van der Waals surface area contributed by atoms with E-state index < -0.39 is 10.8 Å². The van der Waals surface area contributed by atoms with Crippen molar-refractivity contribution >= 4 is 34.8 Å². The fraction of sp³-hybridized carbons (Fsp3) is 0.462. The lowest BCUT2D eigenvalue weighted by Crippen LogP contribution is -2.38. The van der Waals surface area contributed by atoms with Crippen LogP contribution in [0.4, 0.5) is 5.69 Å². The van der Waals surface area contributed by atoms with Crippen LogP contribution in [0.2, 0.25) is 5.02 Å². The van der Waals surface area contributed by atoms with Crippen molar-refractivity contribution < 1.29 is 9.72 Å². The van der Waals surface area contributed by atoms with Crippen LogP contribution in [0.25, 0.3) is 0 Å². The smallest absolute Gasteiger partial charge is 0.283 e. The van der Waals surface area contributed by atoms with Crippen molar-refractivity contribution in [1.29, 1.82) is 0 Å². The van der Waals surface area contributed by atoms with Crippen molar-refractivity contribution in [3.05, 3.63) is 38.9 Å². The number of nitro groups is 1. The number of carbonyl (C=O) groups is 1. The van der Waals surface area contributed by atoms with E-state index in [1.54, 1.807) is 0 Å². The molecule has 108 valence electrons. The lowest BCUT2D eigenvalue weighted by atomic mass is 9.94. The van der Waals surface area contributed by atoms with Gasteiger partial charge in [-0.2, -0.15) is 0 Å². The van der Waals surface area contributed by atoms with Gasteiger partial charge >= 0.3 is 0 Å². The molecule has 1 fully saturated rings. The van der Waals surface area contributed by atoms with E-state index in [-0.39, 0.29) is 27.7 Å². The summed E-state index contributed by atoms with van der Waals surface area (Å²) in [6.45, 7) is 0. The number of nitrogens with one attached hydrogen (secondary N) is 1. The van der Waals surface area contributed by atoms with E-state index in [9.17, 15) is 14.9 Å². The first kappa shape index (κ1) is 15.1. The Bertz CT molecular complexity index is 528. The second-order valence-electron chi connectivity index (χ2n) is 4.81.